The van der Waals surface area contributed by atoms with E-state index in [4.69, 9.17) is 0 Å². The van der Waals surface area contributed by atoms with E-state index in [0.717, 1.165) is 6.92 Å². The summed E-state index contributed by atoms with van der Waals surface area (Å²) < 4.78 is 0. The topological polar surface area (TPSA) is 147 Å². The van der Waals surface area contributed by atoms with Crippen LogP contribution >= 0.6 is 0 Å². The Morgan fingerprint density at radius 3 is 2.33 bits per heavy atom. The summed E-state index contributed by atoms with van der Waals surface area (Å²) >= 11 is 0. The van der Waals surface area contributed by atoms with Gasteiger partial charge in [-0.25, -0.2) is 0 Å². The normalized spacial score (nSPS) is 33.7. The minimum Gasteiger partial charge on any atom is -0.510 e. The van der Waals surface area contributed by atoms with Crippen LogP contribution in [0.25, 0.3) is 0 Å². The fraction of sp³-hybridized carbons (Fsp3) is 0.458. The number of aliphatic hydroxyl groups excluding tert-OH is 3. The SMILES string of the molecule is CN[C@@]12C(=O)C(C(C)=O)=C(O)[C@@H](N(C)C)[C@H]1[C@H](O)[C@H]1C(=C2O)C(=O)c2c(O)cccc2[C@@H]1C. The minimum absolute atomic E-state index is 0.0114. The zero-order chi connectivity index (χ0) is 24.6. The molecule has 1 aromatic carbocycles. The van der Waals surface area contributed by atoms with Crippen LogP contribution in [-0.2, 0) is 9.59 Å². The Kier molecular flexibility index (Phi) is 5.27. The van der Waals surface area contributed by atoms with Crippen LogP contribution in [0.4, 0.5) is 0 Å². The highest BCUT2D eigenvalue weighted by atomic mass is 16.3. The van der Waals surface area contributed by atoms with Crippen LogP contribution in [0.3, 0.4) is 0 Å². The second-order valence-corrected chi connectivity index (χ2v) is 9.28. The molecule has 0 spiro atoms. The Labute approximate surface area is 191 Å². The third-order valence-electron chi connectivity index (χ3n) is 7.54. The number of nitrogens with one attached hydrogen (secondary N) is 1. The molecule has 3 aliphatic rings. The third kappa shape index (κ3) is 2.73. The first-order valence-electron chi connectivity index (χ1n) is 10.8. The Bertz CT molecular complexity index is 1150. The number of nitrogens with zero attached hydrogens (tertiary/aromatic N) is 1. The molecule has 3 aliphatic carbocycles. The van der Waals surface area contributed by atoms with Gasteiger partial charge in [-0.2, -0.15) is 0 Å². The largest absolute Gasteiger partial charge is 0.510 e. The van der Waals surface area contributed by atoms with Crippen LogP contribution in [0.2, 0.25) is 0 Å². The number of rotatable bonds is 3. The molecule has 0 saturated heterocycles. The number of phenolic OH excluding ortho intramolecular Hbond substituents is 1. The Hall–Kier alpha value is -3.01. The van der Waals surface area contributed by atoms with E-state index in [2.05, 4.69) is 5.32 Å². The van der Waals surface area contributed by atoms with Crippen LogP contribution in [0, 0.1) is 11.8 Å². The van der Waals surface area contributed by atoms with Crippen molar-refractivity contribution in [1.82, 2.24) is 10.2 Å². The highest BCUT2D eigenvalue weighted by molar-refractivity contribution is 6.25. The van der Waals surface area contributed by atoms with Crippen molar-refractivity contribution in [3.8, 4) is 5.75 Å². The fourth-order valence-corrected chi connectivity index (χ4v) is 6.11. The lowest BCUT2D eigenvalue weighted by atomic mass is 9.54. The number of carbonyl (C=O) groups is 3. The van der Waals surface area contributed by atoms with Crippen LogP contribution < -0.4 is 5.32 Å². The summed E-state index contributed by atoms with van der Waals surface area (Å²) in [5.41, 5.74) is -2.16. The number of hydrogen-bond acceptors (Lipinski definition) is 9. The van der Waals surface area contributed by atoms with Gasteiger partial charge in [-0.15, -0.1) is 0 Å². The van der Waals surface area contributed by atoms with E-state index >= 15 is 0 Å². The summed E-state index contributed by atoms with van der Waals surface area (Å²) in [6, 6.07) is 3.64. The monoisotopic (exact) mass is 456 g/mol. The van der Waals surface area contributed by atoms with Crippen LogP contribution in [0.15, 0.2) is 40.9 Å². The molecule has 9 nitrogen and oxygen atoms in total. The molecule has 0 heterocycles. The van der Waals surface area contributed by atoms with Crippen molar-refractivity contribution in [3.05, 3.63) is 52.0 Å². The predicted octanol–water partition coefficient (Wildman–Crippen LogP) is 0.983. The lowest BCUT2D eigenvalue weighted by molar-refractivity contribution is -0.136. The van der Waals surface area contributed by atoms with E-state index in [1.165, 1.54) is 13.1 Å². The number of hydrogen-bond donors (Lipinski definition) is 5. The average molecular weight is 456 g/mol. The summed E-state index contributed by atoms with van der Waals surface area (Å²) in [4.78, 5) is 41.2. The first-order chi connectivity index (χ1) is 15.4. The first kappa shape index (κ1) is 23.2. The van der Waals surface area contributed by atoms with Crippen molar-refractivity contribution in [1.29, 1.82) is 0 Å². The number of benzene rings is 1. The molecule has 33 heavy (non-hydrogen) atoms. The van der Waals surface area contributed by atoms with Crippen molar-refractivity contribution in [2.24, 2.45) is 11.8 Å². The van der Waals surface area contributed by atoms with Crippen molar-refractivity contribution in [2.75, 3.05) is 21.1 Å². The van der Waals surface area contributed by atoms with Gasteiger partial charge in [0.05, 0.1) is 17.7 Å². The van der Waals surface area contributed by atoms with Gasteiger partial charge in [0, 0.05) is 17.4 Å². The van der Waals surface area contributed by atoms with Crippen molar-refractivity contribution >= 4 is 17.3 Å². The van der Waals surface area contributed by atoms with E-state index in [1.807, 2.05) is 0 Å². The maximum absolute atomic E-state index is 13.7. The van der Waals surface area contributed by atoms with Crippen LogP contribution in [-0.4, -0.2) is 81.5 Å². The van der Waals surface area contributed by atoms with Gasteiger partial charge in [-0.05, 0) is 45.6 Å². The number of aliphatic hydroxyl groups is 3. The molecule has 0 saturated carbocycles. The number of aromatic hydroxyl groups is 1. The molecule has 5 N–H and O–H groups in total. The summed E-state index contributed by atoms with van der Waals surface area (Å²) in [7, 11) is 4.64. The number of fused-ring (bicyclic) bond motifs is 3. The Balaban J connectivity index is 2.10. The molecule has 0 amide bonds. The number of carbonyl (C=O) groups excluding carboxylic acids is 3. The predicted molar refractivity (Wildman–Crippen MR) is 118 cm³/mol. The zero-order valence-electron chi connectivity index (χ0n) is 19.1. The van der Waals surface area contributed by atoms with E-state index in [0.29, 0.717) is 5.56 Å². The third-order valence-corrected chi connectivity index (χ3v) is 7.54. The van der Waals surface area contributed by atoms with E-state index in [1.54, 1.807) is 38.1 Å². The van der Waals surface area contributed by atoms with Gasteiger partial charge < -0.3 is 25.7 Å². The molecular weight excluding hydrogens is 428 g/mol. The molecule has 9 heteroatoms. The van der Waals surface area contributed by atoms with E-state index in [-0.39, 0.29) is 16.9 Å². The molecule has 1 aromatic rings. The second-order valence-electron chi connectivity index (χ2n) is 9.28. The number of Topliss-reactive ketones (excluding diaryl/α,β-unsaturated/α-hetero) is 3. The molecule has 0 radical (unpaired) electrons. The van der Waals surface area contributed by atoms with Crippen LogP contribution in [0.1, 0.15) is 35.7 Å². The van der Waals surface area contributed by atoms with E-state index in [9.17, 15) is 34.8 Å². The summed E-state index contributed by atoms with van der Waals surface area (Å²) in [6.07, 6.45) is -1.36. The Morgan fingerprint density at radius 1 is 1.15 bits per heavy atom. The smallest absolute Gasteiger partial charge is 0.198 e. The van der Waals surface area contributed by atoms with E-state index < -0.39 is 69.9 Å². The maximum atomic E-state index is 13.7. The van der Waals surface area contributed by atoms with Gasteiger partial charge in [0.25, 0.3) is 0 Å². The minimum atomic E-state index is -2.02. The summed E-state index contributed by atoms with van der Waals surface area (Å²) in [5, 5.41) is 47.4. The molecule has 0 unspecified atom stereocenters. The quantitative estimate of drug-likeness (QED) is 0.420. The molecule has 6 atom stereocenters. The van der Waals surface area contributed by atoms with Crippen LogP contribution in [0.5, 0.6) is 5.75 Å². The molecule has 0 aromatic heterocycles. The van der Waals surface area contributed by atoms with Crippen molar-refractivity contribution in [2.45, 2.75) is 37.5 Å². The number of phenols is 1. The molecule has 176 valence electrons. The van der Waals surface area contributed by atoms with Crippen molar-refractivity contribution in [3.63, 3.8) is 0 Å². The Morgan fingerprint density at radius 2 is 1.79 bits per heavy atom. The van der Waals surface area contributed by atoms with Gasteiger partial charge in [0.2, 0.25) is 0 Å². The molecule has 0 bridgehead atoms. The van der Waals surface area contributed by atoms with Gasteiger partial charge in [0.15, 0.2) is 17.3 Å². The zero-order valence-corrected chi connectivity index (χ0v) is 19.1. The molecular formula is C24H28N2O7. The van der Waals surface area contributed by atoms with Crippen molar-refractivity contribution < 1.29 is 34.8 Å². The highest BCUT2D eigenvalue weighted by Gasteiger charge is 2.67. The molecule has 0 aliphatic heterocycles. The maximum Gasteiger partial charge on any atom is 0.198 e. The van der Waals surface area contributed by atoms with Gasteiger partial charge >= 0.3 is 0 Å². The number of ketones is 3. The summed E-state index contributed by atoms with van der Waals surface area (Å²) in [6.45, 7) is 2.90. The lowest BCUT2D eigenvalue weighted by Crippen LogP contribution is -2.72. The van der Waals surface area contributed by atoms with Gasteiger partial charge in [-0.1, -0.05) is 19.1 Å². The highest BCUT2D eigenvalue weighted by Crippen LogP contribution is 2.55. The molecule has 4 rings (SSSR count). The van der Waals surface area contributed by atoms with Gasteiger partial charge in [0.1, 0.15) is 28.4 Å². The fourth-order valence-electron chi connectivity index (χ4n) is 6.11. The average Bonchev–Trinajstić information content (AvgIpc) is 2.73. The van der Waals surface area contributed by atoms with Gasteiger partial charge in [-0.3, -0.25) is 19.3 Å². The second kappa shape index (κ2) is 7.51. The number of likely N-dealkylation sites (N-methyl/N-ethyl adjacent to an activating group) is 2. The molecule has 0 fully saturated rings. The standard InChI is InChI=1S/C24H28N2O7/c1-9-11-7-6-8-12(28)15(11)19(29)16-13(9)20(30)17-18(26(4)5)21(31)14(10(2)27)22(32)24(17,25-3)23(16)33/h6-9,13,17-18,20,25,28,30-31,33H,1-5H3/t9-,13+,17-,18-,20+,24+/m0/s1. The summed E-state index contributed by atoms with van der Waals surface area (Å²) in [5.74, 6) is -6.14. The first-order valence-corrected chi connectivity index (χ1v) is 10.8. The lowest BCUT2D eigenvalue weighted by Gasteiger charge is -2.55.